The van der Waals surface area contributed by atoms with Crippen molar-refractivity contribution in [3.05, 3.63) is 47.3 Å². The number of benzene rings is 1. The van der Waals surface area contributed by atoms with Crippen LogP contribution in [-0.2, 0) is 9.84 Å². The number of aryl methyl sites for hydroxylation is 1. The maximum Gasteiger partial charge on any atom is 0.257 e. The highest BCUT2D eigenvalue weighted by molar-refractivity contribution is 7.91. The minimum atomic E-state index is -3.08. The summed E-state index contributed by atoms with van der Waals surface area (Å²) < 4.78 is 25.8. The molecule has 8 heteroatoms. The van der Waals surface area contributed by atoms with Gasteiger partial charge in [-0.05, 0) is 59.0 Å². The standard InChI is InChI=1S/C21H30N4O3S/c1-16-8-5-6-9-20(16)25-17(2)19(14-22-25)21(26)24(12-7-11-23(3)4)18-10-13-29(27,28)15-18/h5-6,8-9,14,18H,7,10-13,15H2,1-4H3. The van der Waals surface area contributed by atoms with Crippen LogP contribution in [0.3, 0.4) is 0 Å². The number of carbonyl (C=O) groups excluding carboxylic acids is 1. The second kappa shape index (κ2) is 8.67. The maximum absolute atomic E-state index is 13.4. The van der Waals surface area contributed by atoms with Gasteiger partial charge >= 0.3 is 0 Å². The quantitative estimate of drug-likeness (QED) is 0.688. The van der Waals surface area contributed by atoms with Crippen molar-refractivity contribution in [3.8, 4) is 5.69 Å². The van der Waals surface area contributed by atoms with Crippen molar-refractivity contribution in [1.82, 2.24) is 19.6 Å². The molecule has 158 valence electrons. The van der Waals surface area contributed by atoms with Crippen molar-refractivity contribution in [2.75, 3.05) is 38.7 Å². The lowest BCUT2D eigenvalue weighted by Crippen LogP contribution is -2.42. The fourth-order valence-electron chi connectivity index (χ4n) is 3.85. The van der Waals surface area contributed by atoms with E-state index in [2.05, 4.69) is 10.00 Å². The third kappa shape index (κ3) is 4.87. The summed E-state index contributed by atoms with van der Waals surface area (Å²) in [5.41, 5.74) is 3.30. The molecule has 7 nitrogen and oxygen atoms in total. The van der Waals surface area contributed by atoms with Crippen molar-refractivity contribution in [1.29, 1.82) is 0 Å². The summed E-state index contributed by atoms with van der Waals surface area (Å²) in [5, 5.41) is 4.46. The molecule has 0 saturated carbocycles. The second-order valence-electron chi connectivity index (χ2n) is 8.05. The van der Waals surface area contributed by atoms with E-state index in [0.717, 1.165) is 29.9 Å². The van der Waals surface area contributed by atoms with Crippen LogP contribution >= 0.6 is 0 Å². The third-order valence-electron chi connectivity index (χ3n) is 5.50. The van der Waals surface area contributed by atoms with Crippen molar-refractivity contribution < 1.29 is 13.2 Å². The Morgan fingerprint density at radius 2 is 1.93 bits per heavy atom. The highest BCUT2D eigenvalue weighted by atomic mass is 32.2. The lowest BCUT2D eigenvalue weighted by atomic mass is 10.1. The molecule has 1 atom stereocenters. The molecule has 1 amide bonds. The van der Waals surface area contributed by atoms with Gasteiger partial charge in [-0.2, -0.15) is 5.10 Å². The molecule has 1 aliphatic heterocycles. The highest BCUT2D eigenvalue weighted by Crippen LogP contribution is 2.23. The van der Waals surface area contributed by atoms with Crippen LogP contribution in [-0.4, -0.2) is 78.6 Å². The van der Waals surface area contributed by atoms with E-state index in [1.165, 1.54) is 0 Å². The Morgan fingerprint density at radius 1 is 1.21 bits per heavy atom. The van der Waals surface area contributed by atoms with Crippen LogP contribution in [0.15, 0.2) is 30.5 Å². The first-order chi connectivity index (χ1) is 13.7. The first kappa shape index (κ1) is 21.5. The van der Waals surface area contributed by atoms with Crippen molar-refractivity contribution in [3.63, 3.8) is 0 Å². The first-order valence-electron chi connectivity index (χ1n) is 9.96. The van der Waals surface area contributed by atoms with Gasteiger partial charge in [0.15, 0.2) is 9.84 Å². The van der Waals surface area contributed by atoms with Crippen LogP contribution in [0.25, 0.3) is 5.69 Å². The molecule has 2 aromatic rings. The van der Waals surface area contributed by atoms with Crippen LogP contribution in [0.5, 0.6) is 0 Å². The molecular formula is C21H30N4O3S. The number of aromatic nitrogens is 2. The number of amides is 1. The number of rotatable bonds is 7. The Kier molecular flexibility index (Phi) is 6.43. The number of carbonyl (C=O) groups is 1. The van der Waals surface area contributed by atoms with E-state index in [0.29, 0.717) is 18.5 Å². The second-order valence-corrected chi connectivity index (χ2v) is 10.3. The number of hydrogen-bond donors (Lipinski definition) is 0. The van der Waals surface area contributed by atoms with Gasteiger partial charge in [0.05, 0.1) is 34.6 Å². The van der Waals surface area contributed by atoms with E-state index in [4.69, 9.17) is 0 Å². The largest absolute Gasteiger partial charge is 0.334 e. The average molecular weight is 419 g/mol. The summed E-state index contributed by atoms with van der Waals surface area (Å²) >= 11 is 0. The summed E-state index contributed by atoms with van der Waals surface area (Å²) in [7, 11) is 0.901. The Hall–Kier alpha value is -2.19. The molecule has 0 N–H and O–H groups in total. The van der Waals surface area contributed by atoms with Gasteiger partial charge in [0, 0.05) is 12.6 Å². The van der Waals surface area contributed by atoms with Crippen LogP contribution < -0.4 is 0 Å². The molecule has 0 aliphatic carbocycles. The highest BCUT2D eigenvalue weighted by Gasteiger charge is 2.35. The summed E-state index contributed by atoms with van der Waals surface area (Å²) in [4.78, 5) is 17.2. The lowest BCUT2D eigenvalue weighted by Gasteiger charge is -2.29. The summed E-state index contributed by atoms with van der Waals surface area (Å²) in [6, 6.07) is 7.63. The zero-order valence-electron chi connectivity index (χ0n) is 17.6. The molecule has 0 bridgehead atoms. The van der Waals surface area contributed by atoms with Crippen molar-refractivity contribution in [2.24, 2.45) is 0 Å². The zero-order chi connectivity index (χ0) is 21.2. The minimum Gasteiger partial charge on any atom is -0.334 e. The lowest BCUT2D eigenvalue weighted by molar-refractivity contribution is 0.0689. The monoisotopic (exact) mass is 418 g/mol. The van der Waals surface area contributed by atoms with E-state index in [1.807, 2.05) is 52.2 Å². The van der Waals surface area contributed by atoms with Crippen molar-refractivity contribution >= 4 is 15.7 Å². The molecular weight excluding hydrogens is 388 g/mol. The summed E-state index contributed by atoms with van der Waals surface area (Å²) in [6.07, 6.45) is 2.90. The average Bonchev–Trinajstić information content (AvgIpc) is 3.20. The Bertz CT molecular complexity index is 982. The molecule has 3 rings (SSSR count). The molecule has 1 aromatic heterocycles. The molecule has 0 radical (unpaired) electrons. The summed E-state index contributed by atoms with van der Waals surface area (Å²) in [6.45, 7) is 5.27. The number of hydrogen-bond acceptors (Lipinski definition) is 5. The number of para-hydroxylation sites is 1. The van der Waals surface area contributed by atoms with Crippen LogP contribution in [0.1, 0.15) is 34.5 Å². The van der Waals surface area contributed by atoms with Crippen LogP contribution in [0, 0.1) is 13.8 Å². The van der Waals surface area contributed by atoms with E-state index < -0.39 is 9.84 Å². The SMILES string of the molecule is Cc1ccccc1-n1ncc(C(=O)N(CCCN(C)C)C2CCS(=O)(=O)C2)c1C. The smallest absolute Gasteiger partial charge is 0.257 e. The summed E-state index contributed by atoms with van der Waals surface area (Å²) in [5.74, 6) is 0.0608. The molecule has 1 aromatic carbocycles. The van der Waals surface area contributed by atoms with Crippen LogP contribution in [0.2, 0.25) is 0 Å². The predicted octanol–water partition coefficient (Wildman–Crippen LogP) is 2.07. The van der Waals surface area contributed by atoms with E-state index in [9.17, 15) is 13.2 Å². The molecule has 2 heterocycles. The first-order valence-corrected chi connectivity index (χ1v) is 11.8. The predicted molar refractivity (Wildman–Crippen MR) is 114 cm³/mol. The normalized spacial score (nSPS) is 18.3. The van der Waals surface area contributed by atoms with Gasteiger partial charge in [-0.3, -0.25) is 4.79 Å². The fourth-order valence-corrected chi connectivity index (χ4v) is 5.58. The Morgan fingerprint density at radius 3 is 2.55 bits per heavy atom. The topological polar surface area (TPSA) is 75.5 Å². The van der Waals surface area contributed by atoms with Gasteiger partial charge in [-0.15, -0.1) is 0 Å². The fraction of sp³-hybridized carbons (Fsp3) is 0.524. The zero-order valence-corrected chi connectivity index (χ0v) is 18.4. The molecule has 29 heavy (non-hydrogen) atoms. The van der Waals surface area contributed by atoms with Crippen LogP contribution in [0.4, 0.5) is 0 Å². The number of nitrogens with zero attached hydrogens (tertiary/aromatic N) is 4. The van der Waals surface area contributed by atoms with E-state index in [1.54, 1.807) is 15.8 Å². The van der Waals surface area contributed by atoms with E-state index >= 15 is 0 Å². The number of sulfone groups is 1. The molecule has 1 saturated heterocycles. The molecule has 0 spiro atoms. The van der Waals surface area contributed by atoms with Gasteiger partial charge in [0.25, 0.3) is 5.91 Å². The molecule has 1 fully saturated rings. The van der Waals surface area contributed by atoms with Gasteiger partial charge < -0.3 is 9.80 Å². The van der Waals surface area contributed by atoms with Gasteiger partial charge in [0.2, 0.25) is 0 Å². The Labute approximate surface area is 173 Å². The molecule has 1 unspecified atom stereocenters. The third-order valence-corrected chi connectivity index (χ3v) is 7.25. The van der Waals surface area contributed by atoms with Gasteiger partial charge in [-0.1, -0.05) is 18.2 Å². The molecule has 1 aliphatic rings. The van der Waals surface area contributed by atoms with Gasteiger partial charge in [-0.25, -0.2) is 13.1 Å². The van der Waals surface area contributed by atoms with E-state index in [-0.39, 0.29) is 23.5 Å². The van der Waals surface area contributed by atoms with Gasteiger partial charge in [0.1, 0.15) is 0 Å². The van der Waals surface area contributed by atoms with Crippen molar-refractivity contribution in [2.45, 2.75) is 32.7 Å². The minimum absolute atomic E-state index is 0.0473. The maximum atomic E-state index is 13.4. The Balaban J connectivity index is 1.88.